The molecule has 0 N–H and O–H groups in total. The van der Waals surface area contributed by atoms with Crippen LogP contribution in [0.15, 0.2) is 18.2 Å². The summed E-state index contributed by atoms with van der Waals surface area (Å²) in [6.07, 6.45) is 0.292. The molecule has 1 aromatic carbocycles. The van der Waals surface area contributed by atoms with Gasteiger partial charge in [0, 0.05) is 7.05 Å². The van der Waals surface area contributed by atoms with E-state index in [4.69, 9.17) is 18.8 Å². The van der Waals surface area contributed by atoms with Gasteiger partial charge in [0.2, 0.25) is 0 Å². The summed E-state index contributed by atoms with van der Waals surface area (Å²) < 4.78 is 23.9. The van der Waals surface area contributed by atoms with Crippen LogP contribution in [0.25, 0.3) is 0 Å². The van der Waals surface area contributed by atoms with E-state index in [-0.39, 0.29) is 23.4 Å². The minimum absolute atomic E-state index is 0.210. The zero-order valence-corrected chi connectivity index (χ0v) is 19.0. The fourth-order valence-corrected chi connectivity index (χ4v) is 3.48. The molecule has 1 atom stereocenters. The number of fused-ring (bicyclic) bond motifs is 1. The summed E-state index contributed by atoms with van der Waals surface area (Å²) in [6.45, 7) is 14.8. The van der Waals surface area contributed by atoms with Crippen molar-refractivity contribution in [3.05, 3.63) is 29.3 Å². The Balaban J connectivity index is 1.79. The minimum atomic E-state index is -0.527. The van der Waals surface area contributed by atoms with Crippen LogP contribution in [0, 0.1) is 0 Å². The molecule has 1 aromatic rings. The van der Waals surface area contributed by atoms with Crippen LogP contribution < -0.4 is 5.46 Å². The zero-order chi connectivity index (χ0) is 21.6. The van der Waals surface area contributed by atoms with Gasteiger partial charge in [0.15, 0.2) is 0 Å². The molecule has 2 heterocycles. The summed E-state index contributed by atoms with van der Waals surface area (Å²) in [7, 11) is 1.32. The van der Waals surface area contributed by atoms with Gasteiger partial charge in [-0.3, -0.25) is 0 Å². The Hall–Kier alpha value is -1.57. The van der Waals surface area contributed by atoms with Gasteiger partial charge in [0.1, 0.15) is 11.7 Å². The fourth-order valence-electron chi connectivity index (χ4n) is 3.48. The first-order valence-corrected chi connectivity index (χ1v) is 10.3. The smallest absolute Gasteiger partial charge is 0.444 e. The Labute approximate surface area is 175 Å². The summed E-state index contributed by atoms with van der Waals surface area (Å²) >= 11 is 0. The third kappa shape index (κ3) is 4.78. The lowest BCUT2D eigenvalue weighted by Crippen LogP contribution is -2.41. The maximum atomic E-state index is 12.4. The van der Waals surface area contributed by atoms with Gasteiger partial charge in [-0.2, -0.15) is 0 Å². The Morgan fingerprint density at radius 3 is 2.41 bits per heavy atom. The molecule has 1 unspecified atom stereocenters. The van der Waals surface area contributed by atoms with Crippen LogP contribution in [0.4, 0.5) is 4.79 Å². The summed E-state index contributed by atoms with van der Waals surface area (Å²) in [4.78, 5) is 13.9. The van der Waals surface area contributed by atoms with Crippen LogP contribution in [-0.2, 0) is 25.2 Å². The van der Waals surface area contributed by atoms with E-state index in [1.54, 1.807) is 11.9 Å². The molecule has 160 valence electrons. The predicted molar refractivity (Wildman–Crippen MR) is 113 cm³/mol. The van der Waals surface area contributed by atoms with Crippen molar-refractivity contribution in [2.24, 2.45) is 0 Å². The van der Waals surface area contributed by atoms with Gasteiger partial charge in [0.05, 0.1) is 24.4 Å². The van der Waals surface area contributed by atoms with E-state index < -0.39 is 12.7 Å². The maximum Gasteiger partial charge on any atom is 0.494 e. The zero-order valence-electron chi connectivity index (χ0n) is 19.0. The van der Waals surface area contributed by atoms with Gasteiger partial charge in [0.25, 0.3) is 0 Å². The molecule has 1 fully saturated rings. The third-order valence-electron chi connectivity index (χ3n) is 5.88. The molecular formula is C22H34BNO5. The van der Waals surface area contributed by atoms with Crippen molar-refractivity contribution in [3.63, 3.8) is 0 Å². The summed E-state index contributed by atoms with van der Waals surface area (Å²) in [5.41, 5.74) is 1.98. The SMILES string of the molecule is CN(CC1OCCc2ccc(B3OC(C)(C)C(C)(C)O3)cc21)C(=O)OC(C)(C)C. The summed E-state index contributed by atoms with van der Waals surface area (Å²) in [5.74, 6) is 0. The predicted octanol–water partition coefficient (Wildman–Crippen LogP) is 3.47. The highest BCUT2D eigenvalue weighted by atomic mass is 16.7. The van der Waals surface area contributed by atoms with E-state index in [0.717, 1.165) is 17.4 Å². The lowest BCUT2D eigenvalue weighted by Gasteiger charge is -2.32. The minimum Gasteiger partial charge on any atom is -0.444 e. The van der Waals surface area contributed by atoms with Crippen molar-refractivity contribution in [1.29, 1.82) is 0 Å². The molecular weight excluding hydrogens is 369 g/mol. The van der Waals surface area contributed by atoms with Crippen molar-refractivity contribution in [3.8, 4) is 0 Å². The lowest BCUT2D eigenvalue weighted by molar-refractivity contribution is -0.00162. The molecule has 0 aromatic heterocycles. The van der Waals surface area contributed by atoms with Crippen LogP contribution in [0.5, 0.6) is 0 Å². The molecule has 1 amide bonds. The fraction of sp³-hybridized carbons (Fsp3) is 0.682. The molecule has 6 nitrogen and oxygen atoms in total. The summed E-state index contributed by atoms with van der Waals surface area (Å²) in [5, 5.41) is 0. The average molecular weight is 403 g/mol. The van der Waals surface area contributed by atoms with E-state index in [9.17, 15) is 4.79 Å². The number of hydrogen-bond donors (Lipinski definition) is 0. The van der Waals surface area contributed by atoms with E-state index in [1.165, 1.54) is 5.56 Å². The highest BCUT2D eigenvalue weighted by Gasteiger charge is 2.51. The molecule has 2 aliphatic rings. The monoisotopic (exact) mass is 403 g/mol. The number of hydrogen-bond acceptors (Lipinski definition) is 5. The molecule has 1 saturated heterocycles. The van der Waals surface area contributed by atoms with E-state index >= 15 is 0 Å². The van der Waals surface area contributed by atoms with Crippen molar-refractivity contribution in [2.45, 2.75) is 77.8 Å². The number of nitrogens with zero attached hydrogens (tertiary/aromatic N) is 1. The Morgan fingerprint density at radius 1 is 1.21 bits per heavy atom. The van der Waals surface area contributed by atoms with Gasteiger partial charge in [-0.15, -0.1) is 0 Å². The van der Waals surface area contributed by atoms with Crippen LogP contribution in [0.3, 0.4) is 0 Å². The lowest BCUT2D eigenvalue weighted by atomic mass is 9.76. The van der Waals surface area contributed by atoms with Gasteiger partial charge in [-0.25, -0.2) is 4.79 Å². The number of carbonyl (C=O) groups excluding carboxylic acids is 1. The molecule has 0 bridgehead atoms. The number of likely N-dealkylation sites (N-methyl/N-ethyl adjacent to an activating group) is 1. The first-order valence-electron chi connectivity index (χ1n) is 10.3. The van der Waals surface area contributed by atoms with Crippen molar-refractivity contribution < 1.29 is 23.6 Å². The molecule has 7 heteroatoms. The van der Waals surface area contributed by atoms with Gasteiger partial charge in [-0.1, -0.05) is 18.2 Å². The largest absolute Gasteiger partial charge is 0.494 e. The number of carbonyl (C=O) groups is 1. The van der Waals surface area contributed by atoms with Crippen molar-refractivity contribution >= 4 is 18.7 Å². The van der Waals surface area contributed by atoms with Gasteiger partial charge >= 0.3 is 13.2 Å². The molecule has 0 radical (unpaired) electrons. The second-order valence-electron chi connectivity index (χ2n) is 10.0. The van der Waals surface area contributed by atoms with E-state index in [2.05, 4.69) is 18.2 Å². The number of amides is 1. The van der Waals surface area contributed by atoms with Crippen LogP contribution in [0.1, 0.15) is 65.7 Å². The van der Waals surface area contributed by atoms with Crippen LogP contribution in [0.2, 0.25) is 0 Å². The van der Waals surface area contributed by atoms with Crippen molar-refractivity contribution in [1.82, 2.24) is 4.90 Å². The second kappa shape index (κ2) is 7.60. The Kier molecular flexibility index (Phi) is 5.80. The number of benzene rings is 1. The second-order valence-corrected chi connectivity index (χ2v) is 10.0. The van der Waals surface area contributed by atoms with Crippen LogP contribution >= 0.6 is 0 Å². The molecule has 0 aliphatic carbocycles. The standard InChI is InChI=1S/C22H34BNO5/c1-20(2,3)27-19(25)24(8)14-18-17-13-16(10-9-15(17)11-12-26-18)23-28-21(4,5)22(6,7)29-23/h9-10,13,18H,11-12,14H2,1-8H3. The van der Waals surface area contributed by atoms with Gasteiger partial charge in [-0.05, 0) is 71.5 Å². The molecule has 0 saturated carbocycles. The third-order valence-corrected chi connectivity index (χ3v) is 5.88. The van der Waals surface area contributed by atoms with E-state index in [1.807, 2.05) is 48.5 Å². The normalized spacial score (nSPS) is 22.9. The Bertz CT molecular complexity index is 755. The molecule has 0 spiro atoms. The first kappa shape index (κ1) is 22.1. The highest BCUT2D eigenvalue weighted by Crippen LogP contribution is 2.37. The van der Waals surface area contributed by atoms with Gasteiger partial charge < -0.3 is 23.7 Å². The number of ether oxygens (including phenoxy) is 2. The summed E-state index contributed by atoms with van der Waals surface area (Å²) in [6, 6.07) is 6.30. The molecule has 29 heavy (non-hydrogen) atoms. The number of rotatable bonds is 3. The van der Waals surface area contributed by atoms with E-state index in [0.29, 0.717) is 13.2 Å². The molecule has 3 rings (SSSR count). The maximum absolute atomic E-state index is 12.4. The topological polar surface area (TPSA) is 57.2 Å². The quantitative estimate of drug-likeness (QED) is 0.724. The highest BCUT2D eigenvalue weighted by molar-refractivity contribution is 6.62. The molecule has 2 aliphatic heterocycles. The Morgan fingerprint density at radius 2 is 1.83 bits per heavy atom. The van der Waals surface area contributed by atoms with Crippen LogP contribution in [-0.4, -0.2) is 55.1 Å². The van der Waals surface area contributed by atoms with Crippen molar-refractivity contribution in [2.75, 3.05) is 20.2 Å². The average Bonchev–Trinajstić information content (AvgIpc) is 2.81. The first-order chi connectivity index (χ1) is 13.3.